The van der Waals surface area contributed by atoms with Crippen molar-refractivity contribution in [2.45, 2.75) is 43.2 Å². The van der Waals surface area contributed by atoms with Gasteiger partial charge in [-0.05, 0) is 12.1 Å². The van der Waals surface area contributed by atoms with E-state index >= 15 is 0 Å². The average molecular weight is 450 g/mol. The van der Waals surface area contributed by atoms with E-state index in [9.17, 15) is 40.5 Å². The van der Waals surface area contributed by atoms with Crippen LogP contribution in [0.5, 0.6) is 28.7 Å². The molecule has 0 aromatic heterocycles. The highest BCUT2D eigenvalue weighted by molar-refractivity contribution is 6.02. The first-order valence-corrected chi connectivity index (χ1v) is 9.75. The lowest BCUT2D eigenvalue weighted by molar-refractivity contribution is -0.277. The number of aromatic hydroxyl groups is 3. The summed E-state index contributed by atoms with van der Waals surface area (Å²) in [5.74, 6) is -1.43. The van der Waals surface area contributed by atoms with Crippen molar-refractivity contribution >= 4 is 5.78 Å². The van der Waals surface area contributed by atoms with Crippen LogP contribution in [0.3, 0.4) is 0 Å². The minimum Gasteiger partial charge on any atom is -0.508 e. The molecular formula is C21H22O11. The second-order valence-corrected chi connectivity index (χ2v) is 7.61. The van der Waals surface area contributed by atoms with E-state index in [0.717, 1.165) is 6.07 Å². The van der Waals surface area contributed by atoms with Gasteiger partial charge in [-0.3, -0.25) is 4.79 Å². The van der Waals surface area contributed by atoms with Gasteiger partial charge >= 0.3 is 0 Å². The molecule has 2 aromatic rings. The number of aliphatic hydroxyl groups is 4. The Morgan fingerprint density at radius 3 is 2.41 bits per heavy atom. The third-order valence-electron chi connectivity index (χ3n) is 5.43. The second-order valence-electron chi connectivity index (χ2n) is 7.61. The van der Waals surface area contributed by atoms with Gasteiger partial charge in [0.05, 0.1) is 13.0 Å². The Balaban J connectivity index is 1.53. The lowest BCUT2D eigenvalue weighted by atomic mass is 9.95. The Morgan fingerprint density at radius 1 is 0.969 bits per heavy atom. The van der Waals surface area contributed by atoms with Gasteiger partial charge in [0.25, 0.3) is 0 Å². The van der Waals surface area contributed by atoms with Crippen LogP contribution < -0.4 is 9.47 Å². The number of hydrogen-bond acceptors (Lipinski definition) is 11. The van der Waals surface area contributed by atoms with Crippen molar-refractivity contribution in [1.82, 2.24) is 0 Å². The van der Waals surface area contributed by atoms with E-state index in [1.807, 2.05) is 0 Å². The number of phenolic OH excluding ortho intramolecular Hbond substituents is 3. The Morgan fingerprint density at radius 2 is 1.72 bits per heavy atom. The summed E-state index contributed by atoms with van der Waals surface area (Å²) in [5.41, 5.74) is 0.175. The number of phenols is 3. The highest BCUT2D eigenvalue weighted by atomic mass is 16.7. The molecule has 4 rings (SSSR count). The Bertz CT molecular complexity index is 1020. The molecule has 6 atom stereocenters. The molecule has 1 fully saturated rings. The first-order chi connectivity index (χ1) is 15.2. The fourth-order valence-electron chi connectivity index (χ4n) is 3.77. The van der Waals surface area contributed by atoms with Crippen molar-refractivity contribution < 1.29 is 54.8 Å². The quantitative estimate of drug-likeness (QED) is 0.324. The number of Topliss-reactive ketones (excluding diaryl/α,β-unsaturated/α-hetero) is 1. The van der Waals surface area contributed by atoms with Crippen LogP contribution in [0.2, 0.25) is 0 Å². The predicted molar refractivity (Wildman–Crippen MR) is 105 cm³/mol. The third kappa shape index (κ3) is 3.92. The van der Waals surface area contributed by atoms with Crippen LogP contribution in [0.25, 0.3) is 0 Å². The SMILES string of the molecule is O=C1C[C@H](c2ccc(O[C@@H]3O[C@H](CO)[C@@H](O)[C@H](O)[C@H]3O)cc2O)Oc2cc(O)cc(O)c21. The predicted octanol–water partition coefficient (Wildman–Crippen LogP) is -0.311. The maximum atomic E-state index is 12.5. The number of carbonyl (C=O) groups is 1. The van der Waals surface area contributed by atoms with Crippen LogP contribution in [0.1, 0.15) is 28.4 Å². The normalized spacial score (nSPS) is 29.8. The molecule has 0 radical (unpaired) electrons. The zero-order chi connectivity index (χ0) is 23.2. The van der Waals surface area contributed by atoms with E-state index in [2.05, 4.69) is 0 Å². The molecule has 7 N–H and O–H groups in total. The molecule has 11 heteroatoms. The van der Waals surface area contributed by atoms with E-state index in [1.165, 1.54) is 24.3 Å². The number of ether oxygens (including phenoxy) is 3. The van der Waals surface area contributed by atoms with Gasteiger partial charge < -0.3 is 50.0 Å². The summed E-state index contributed by atoms with van der Waals surface area (Å²) < 4.78 is 16.4. The van der Waals surface area contributed by atoms with Crippen molar-refractivity contribution in [2.75, 3.05) is 6.61 Å². The smallest absolute Gasteiger partial charge is 0.229 e. The minimum atomic E-state index is -1.62. The maximum Gasteiger partial charge on any atom is 0.229 e. The van der Waals surface area contributed by atoms with E-state index in [1.54, 1.807) is 0 Å². The molecule has 172 valence electrons. The number of aliphatic hydroxyl groups excluding tert-OH is 4. The summed E-state index contributed by atoms with van der Waals surface area (Å²) in [6, 6.07) is 6.22. The van der Waals surface area contributed by atoms with Gasteiger partial charge in [-0.15, -0.1) is 0 Å². The molecular weight excluding hydrogens is 428 g/mol. The van der Waals surface area contributed by atoms with E-state index < -0.39 is 54.9 Å². The van der Waals surface area contributed by atoms with Crippen molar-refractivity contribution in [3.8, 4) is 28.7 Å². The van der Waals surface area contributed by atoms with Crippen LogP contribution in [0.15, 0.2) is 30.3 Å². The Kier molecular flexibility index (Phi) is 5.84. The molecule has 2 aromatic carbocycles. The molecule has 11 nitrogen and oxygen atoms in total. The first kappa shape index (κ1) is 22.1. The number of benzene rings is 2. The molecule has 2 heterocycles. The molecule has 0 aliphatic carbocycles. The number of rotatable bonds is 4. The molecule has 0 saturated carbocycles. The summed E-state index contributed by atoms with van der Waals surface area (Å²) in [7, 11) is 0. The number of fused-ring (bicyclic) bond motifs is 1. The zero-order valence-corrected chi connectivity index (χ0v) is 16.5. The molecule has 32 heavy (non-hydrogen) atoms. The van der Waals surface area contributed by atoms with Crippen molar-refractivity contribution in [2.24, 2.45) is 0 Å². The number of ketones is 1. The van der Waals surface area contributed by atoms with Gasteiger partial charge in [-0.1, -0.05) is 0 Å². The fraction of sp³-hybridized carbons (Fsp3) is 0.381. The highest BCUT2D eigenvalue weighted by Gasteiger charge is 2.44. The van der Waals surface area contributed by atoms with Gasteiger partial charge in [0.2, 0.25) is 6.29 Å². The maximum absolute atomic E-state index is 12.5. The van der Waals surface area contributed by atoms with Crippen LogP contribution in [0, 0.1) is 0 Å². The van der Waals surface area contributed by atoms with Crippen LogP contribution in [0.4, 0.5) is 0 Å². The molecule has 1 saturated heterocycles. The topological polar surface area (TPSA) is 186 Å². The molecule has 0 unspecified atom stereocenters. The lowest BCUT2D eigenvalue weighted by Gasteiger charge is -2.39. The molecule has 2 aliphatic heterocycles. The van der Waals surface area contributed by atoms with E-state index in [-0.39, 0.29) is 40.5 Å². The van der Waals surface area contributed by atoms with Gasteiger partial charge in [-0.2, -0.15) is 0 Å². The third-order valence-corrected chi connectivity index (χ3v) is 5.43. The van der Waals surface area contributed by atoms with E-state index in [0.29, 0.717) is 0 Å². The average Bonchev–Trinajstić information content (AvgIpc) is 2.73. The van der Waals surface area contributed by atoms with Gasteiger partial charge in [0, 0.05) is 23.8 Å². The van der Waals surface area contributed by atoms with Crippen LogP contribution >= 0.6 is 0 Å². The zero-order valence-electron chi connectivity index (χ0n) is 16.5. The summed E-state index contributed by atoms with van der Waals surface area (Å²) in [5, 5.41) is 69.0. The Labute approximate surface area is 181 Å². The lowest BCUT2D eigenvalue weighted by Crippen LogP contribution is -2.60. The highest BCUT2D eigenvalue weighted by Crippen LogP contribution is 2.43. The van der Waals surface area contributed by atoms with Crippen molar-refractivity contribution in [1.29, 1.82) is 0 Å². The summed E-state index contributed by atoms with van der Waals surface area (Å²) in [4.78, 5) is 12.5. The van der Waals surface area contributed by atoms with Crippen LogP contribution in [-0.4, -0.2) is 78.8 Å². The molecule has 0 spiro atoms. The van der Waals surface area contributed by atoms with Gasteiger partial charge in [-0.25, -0.2) is 0 Å². The summed E-state index contributed by atoms with van der Waals surface area (Å²) in [6.07, 6.45) is -8.43. The van der Waals surface area contributed by atoms with Gasteiger partial charge in [0.15, 0.2) is 5.78 Å². The molecule has 0 amide bonds. The first-order valence-electron chi connectivity index (χ1n) is 9.75. The number of carbonyl (C=O) groups excluding carboxylic acids is 1. The van der Waals surface area contributed by atoms with Gasteiger partial charge in [0.1, 0.15) is 64.8 Å². The van der Waals surface area contributed by atoms with Crippen LogP contribution in [-0.2, 0) is 4.74 Å². The standard InChI is InChI=1S/C21H22O11/c22-7-16-18(27)19(28)20(29)21(32-16)30-9-1-2-10(11(24)5-9)14-6-13(26)17-12(25)3-8(23)4-15(17)31-14/h1-5,14,16,18-25,27-29H,6-7H2/t14-,16-,18-,19+,20-,21-/m1/s1. The van der Waals surface area contributed by atoms with Crippen molar-refractivity contribution in [3.05, 3.63) is 41.5 Å². The van der Waals surface area contributed by atoms with E-state index in [4.69, 9.17) is 14.2 Å². The monoisotopic (exact) mass is 450 g/mol. The summed E-state index contributed by atoms with van der Waals surface area (Å²) >= 11 is 0. The Hall–Kier alpha value is -3.09. The minimum absolute atomic E-state index is 0.0233. The largest absolute Gasteiger partial charge is 0.508 e. The van der Waals surface area contributed by atoms with Crippen molar-refractivity contribution in [3.63, 3.8) is 0 Å². The molecule has 2 aliphatic rings. The number of hydrogen-bond donors (Lipinski definition) is 7. The fourth-order valence-corrected chi connectivity index (χ4v) is 3.77. The molecule has 0 bridgehead atoms. The summed E-state index contributed by atoms with van der Waals surface area (Å²) in [6.45, 7) is -0.616. The second kappa shape index (κ2) is 8.45.